The first-order chi connectivity index (χ1) is 9.47. The van der Waals surface area contributed by atoms with E-state index in [-0.39, 0.29) is 32.7 Å². The Labute approximate surface area is 124 Å². The van der Waals surface area contributed by atoms with Crippen molar-refractivity contribution in [1.29, 1.82) is 0 Å². The zero-order valence-electron chi connectivity index (χ0n) is 11.4. The molecule has 0 aliphatic heterocycles. The van der Waals surface area contributed by atoms with Gasteiger partial charge >= 0.3 is 6.18 Å². The van der Waals surface area contributed by atoms with E-state index in [1.165, 1.54) is 0 Å². The van der Waals surface area contributed by atoms with Gasteiger partial charge in [0.05, 0.1) is 17.0 Å². The van der Waals surface area contributed by atoms with Crippen LogP contribution in [0, 0.1) is 0 Å². The summed E-state index contributed by atoms with van der Waals surface area (Å²) in [6.07, 6.45) is -4.47. The van der Waals surface area contributed by atoms with Crippen molar-refractivity contribution in [2.75, 3.05) is 23.9 Å². The quantitative estimate of drug-likeness (QED) is 0.775. The number of ketones is 1. The average molecular weight is 344 g/mol. The highest BCUT2D eigenvalue weighted by molar-refractivity contribution is 7.91. The number of nitrogens with one attached hydrogen (secondary N) is 1. The number of anilines is 2. The van der Waals surface area contributed by atoms with Crippen LogP contribution >= 0.6 is 11.3 Å². The zero-order valence-corrected chi connectivity index (χ0v) is 13.0. The maximum Gasteiger partial charge on any atom is 0.390 e. The molecule has 0 aliphatic rings. The number of nitrogens with two attached hydrogens (primary N) is 1. The lowest BCUT2D eigenvalue weighted by molar-refractivity contribution is -0.131. The minimum atomic E-state index is -4.36. The van der Waals surface area contributed by atoms with Gasteiger partial charge in [0.15, 0.2) is 15.6 Å². The van der Waals surface area contributed by atoms with Gasteiger partial charge in [-0.2, -0.15) is 13.2 Å². The third-order valence-corrected chi connectivity index (χ3v) is 5.04. The Morgan fingerprint density at radius 3 is 2.38 bits per heavy atom. The first kappa shape index (κ1) is 17.8. The number of halogens is 3. The number of hydrogen-bond acceptors (Lipinski definition) is 6. The van der Waals surface area contributed by atoms with Crippen molar-refractivity contribution in [2.45, 2.75) is 30.8 Å². The molecule has 0 atom stereocenters. The third-order valence-electron chi connectivity index (χ3n) is 2.54. The first-order valence-corrected chi connectivity index (χ1v) is 8.64. The highest BCUT2D eigenvalue weighted by atomic mass is 32.2. The van der Waals surface area contributed by atoms with Crippen LogP contribution in [0.25, 0.3) is 0 Å². The van der Waals surface area contributed by atoms with Crippen molar-refractivity contribution in [2.24, 2.45) is 0 Å². The fourth-order valence-corrected chi connectivity index (χ4v) is 4.20. The first-order valence-electron chi connectivity index (χ1n) is 5.93. The molecule has 0 amide bonds. The molecule has 120 valence electrons. The van der Waals surface area contributed by atoms with Crippen molar-refractivity contribution in [3.63, 3.8) is 0 Å². The molecule has 0 aromatic carbocycles. The molecule has 1 heterocycles. The second-order valence-corrected chi connectivity index (χ2v) is 7.32. The maximum atomic E-state index is 12.1. The summed E-state index contributed by atoms with van der Waals surface area (Å²) in [5.74, 6) is -0.355. The number of carbonyl (C=O) groups is 1. The highest BCUT2D eigenvalue weighted by Crippen LogP contribution is 2.40. The van der Waals surface area contributed by atoms with Gasteiger partial charge in [-0.15, -0.1) is 11.3 Å². The number of thiophene rings is 1. The van der Waals surface area contributed by atoms with Gasteiger partial charge in [-0.3, -0.25) is 4.79 Å². The normalized spacial score (nSPS) is 12.4. The lowest BCUT2D eigenvalue weighted by Crippen LogP contribution is -2.15. The molecule has 5 nitrogen and oxygen atoms in total. The van der Waals surface area contributed by atoms with Gasteiger partial charge in [0.1, 0.15) is 9.90 Å². The standard InChI is InChI=1S/C11H15F3N2O3S2/c1-3-6(17)8-7(15)9(21(2,18)19)10(20-8)16-5-4-11(12,13)14/h16H,3-5,15H2,1-2H3. The van der Waals surface area contributed by atoms with Crippen molar-refractivity contribution >= 4 is 37.6 Å². The predicted molar refractivity (Wildman–Crippen MR) is 75.6 cm³/mol. The van der Waals surface area contributed by atoms with Crippen LogP contribution < -0.4 is 11.1 Å². The molecule has 0 saturated heterocycles. The average Bonchev–Trinajstić information content (AvgIpc) is 2.63. The largest absolute Gasteiger partial charge is 0.396 e. The molecule has 0 radical (unpaired) electrons. The van der Waals surface area contributed by atoms with Crippen LogP contribution in [-0.2, 0) is 9.84 Å². The summed E-state index contributed by atoms with van der Waals surface area (Å²) in [4.78, 5) is 11.4. The number of rotatable bonds is 6. The van der Waals surface area contributed by atoms with E-state index in [9.17, 15) is 26.4 Å². The Hall–Kier alpha value is -1.29. The van der Waals surface area contributed by atoms with E-state index in [1.54, 1.807) is 6.92 Å². The molecular formula is C11H15F3N2O3S2. The number of carbonyl (C=O) groups excluding carboxylic acids is 1. The highest BCUT2D eigenvalue weighted by Gasteiger charge is 2.29. The maximum absolute atomic E-state index is 12.1. The summed E-state index contributed by atoms with van der Waals surface area (Å²) >= 11 is 0.764. The molecule has 21 heavy (non-hydrogen) atoms. The second kappa shape index (κ2) is 6.22. The van der Waals surface area contributed by atoms with Gasteiger partial charge in [0.2, 0.25) is 0 Å². The van der Waals surface area contributed by atoms with Crippen LogP contribution in [0.5, 0.6) is 0 Å². The van der Waals surface area contributed by atoms with Gasteiger partial charge < -0.3 is 11.1 Å². The van der Waals surface area contributed by atoms with Crippen LogP contribution in [0.1, 0.15) is 29.4 Å². The van der Waals surface area contributed by atoms with E-state index in [0.717, 1.165) is 17.6 Å². The topological polar surface area (TPSA) is 89.3 Å². The summed E-state index contributed by atoms with van der Waals surface area (Å²) in [6, 6.07) is 0. The van der Waals surface area contributed by atoms with Gasteiger partial charge in [-0.25, -0.2) is 8.42 Å². The van der Waals surface area contributed by atoms with Crippen molar-refractivity contribution in [1.82, 2.24) is 0 Å². The molecule has 0 aliphatic carbocycles. The lowest BCUT2D eigenvalue weighted by Gasteiger charge is -2.08. The molecule has 3 N–H and O–H groups in total. The number of Topliss-reactive ketones (excluding diaryl/α,β-unsaturated/α-hetero) is 1. The molecule has 0 fully saturated rings. The number of sulfone groups is 1. The van der Waals surface area contributed by atoms with Crippen molar-refractivity contribution in [3.8, 4) is 0 Å². The molecule has 1 aromatic heterocycles. The zero-order chi connectivity index (χ0) is 16.4. The summed E-state index contributed by atoms with van der Waals surface area (Å²) < 4.78 is 59.8. The van der Waals surface area contributed by atoms with Crippen molar-refractivity contribution in [3.05, 3.63) is 4.88 Å². The third kappa shape index (κ3) is 4.60. The Bertz CT molecular complexity index is 636. The number of nitrogen functional groups attached to an aromatic ring is 1. The molecule has 0 unspecified atom stereocenters. The minimum Gasteiger partial charge on any atom is -0.396 e. The monoisotopic (exact) mass is 344 g/mol. The molecule has 0 spiro atoms. The summed E-state index contributed by atoms with van der Waals surface area (Å²) in [7, 11) is -3.76. The smallest absolute Gasteiger partial charge is 0.390 e. The number of alkyl halides is 3. The fraction of sp³-hybridized carbons (Fsp3) is 0.545. The van der Waals surface area contributed by atoms with E-state index in [0.29, 0.717) is 0 Å². The van der Waals surface area contributed by atoms with Gasteiger partial charge in [-0.1, -0.05) is 6.92 Å². The lowest BCUT2D eigenvalue weighted by atomic mass is 10.2. The van der Waals surface area contributed by atoms with Crippen LogP contribution in [-0.4, -0.2) is 33.2 Å². The molecule has 0 saturated carbocycles. The molecule has 0 bridgehead atoms. The molecular weight excluding hydrogens is 329 g/mol. The Balaban J connectivity index is 3.16. The SMILES string of the molecule is CCC(=O)c1sc(NCCC(F)(F)F)c(S(C)(=O)=O)c1N. The van der Waals surface area contributed by atoms with E-state index >= 15 is 0 Å². The summed E-state index contributed by atoms with van der Waals surface area (Å²) in [5.41, 5.74) is 5.47. The predicted octanol–water partition coefficient (Wildman–Crippen LogP) is 2.69. The van der Waals surface area contributed by atoms with E-state index in [2.05, 4.69) is 5.32 Å². The summed E-state index contributed by atoms with van der Waals surface area (Å²) in [5, 5.41) is 2.37. The second-order valence-electron chi connectivity index (χ2n) is 4.34. The molecule has 1 aromatic rings. The van der Waals surface area contributed by atoms with E-state index in [4.69, 9.17) is 5.73 Å². The van der Waals surface area contributed by atoms with Gasteiger partial charge in [-0.05, 0) is 0 Å². The Kier molecular flexibility index (Phi) is 5.26. The van der Waals surface area contributed by atoms with Crippen LogP contribution in [0.15, 0.2) is 4.90 Å². The molecule has 10 heteroatoms. The summed E-state index contributed by atoms with van der Waals surface area (Å²) in [6.45, 7) is 1.09. The number of hydrogen-bond donors (Lipinski definition) is 2. The minimum absolute atomic E-state index is 0.0314. The Morgan fingerprint density at radius 1 is 1.38 bits per heavy atom. The van der Waals surface area contributed by atoms with E-state index in [1.807, 2.05) is 0 Å². The van der Waals surface area contributed by atoms with Gasteiger partial charge in [0.25, 0.3) is 0 Å². The van der Waals surface area contributed by atoms with Crippen LogP contribution in [0.2, 0.25) is 0 Å². The van der Waals surface area contributed by atoms with E-state index < -0.39 is 29.0 Å². The van der Waals surface area contributed by atoms with Gasteiger partial charge in [0, 0.05) is 19.2 Å². The van der Waals surface area contributed by atoms with Crippen LogP contribution in [0.4, 0.5) is 23.9 Å². The Morgan fingerprint density at radius 2 is 1.95 bits per heavy atom. The van der Waals surface area contributed by atoms with Crippen molar-refractivity contribution < 1.29 is 26.4 Å². The van der Waals surface area contributed by atoms with Crippen LogP contribution in [0.3, 0.4) is 0 Å². The fourth-order valence-electron chi connectivity index (χ4n) is 1.60. The molecule has 1 rings (SSSR count).